The van der Waals surface area contributed by atoms with E-state index in [1.54, 1.807) is 12.3 Å². The van der Waals surface area contributed by atoms with Crippen molar-refractivity contribution in [2.75, 3.05) is 31.1 Å². The maximum absolute atomic E-state index is 12.8. The van der Waals surface area contributed by atoms with E-state index in [9.17, 15) is 10.1 Å². The Morgan fingerprint density at radius 2 is 2.18 bits per heavy atom. The largest absolute Gasteiger partial charge is 0.365 e. The molecule has 0 saturated carbocycles. The smallest absolute Gasteiger partial charge is 0.251 e. The summed E-state index contributed by atoms with van der Waals surface area (Å²) in [6, 6.07) is 9.93. The molecule has 2 fully saturated rings. The van der Waals surface area contributed by atoms with Gasteiger partial charge in [0.05, 0.1) is 23.7 Å². The van der Waals surface area contributed by atoms with Crippen LogP contribution in [0.5, 0.6) is 0 Å². The molecule has 7 heteroatoms. The highest BCUT2D eigenvalue weighted by Gasteiger charge is 2.34. The van der Waals surface area contributed by atoms with Crippen molar-refractivity contribution < 1.29 is 9.53 Å². The van der Waals surface area contributed by atoms with Crippen LogP contribution in [-0.2, 0) is 9.53 Å². The van der Waals surface area contributed by atoms with Crippen LogP contribution in [-0.4, -0.2) is 55.3 Å². The Labute approximate surface area is 164 Å². The predicted molar refractivity (Wildman–Crippen MR) is 107 cm³/mol. The number of pyridine rings is 1. The topological polar surface area (TPSA) is 90.3 Å². The molecule has 2 unspecified atom stereocenters. The van der Waals surface area contributed by atoms with Gasteiger partial charge in [-0.25, -0.2) is 0 Å². The van der Waals surface area contributed by atoms with Gasteiger partial charge in [0.1, 0.15) is 6.07 Å². The molecule has 7 nitrogen and oxygen atoms in total. The van der Waals surface area contributed by atoms with Gasteiger partial charge >= 0.3 is 0 Å². The van der Waals surface area contributed by atoms with E-state index in [2.05, 4.69) is 33.5 Å². The quantitative estimate of drug-likeness (QED) is 0.838. The lowest BCUT2D eigenvalue weighted by Gasteiger charge is -2.38. The highest BCUT2D eigenvalue weighted by molar-refractivity contribution is 5.95. The molecular weight excluding hydrogens is 354 g/mol. The van der Waals surface area contributed by atoms with Crippen molar-refractivity contribution in [3.05, 3.63) is 36.0 Å². The lowest BCUT2D eigenvalue weighted by Crippen LogP contribution is -2.55. The summed E-state index contributed by atoms with van der Waals surface area (Å²) in [4.78, 5) is 19.4. The van der Waals surface area contributed by atoms with E-state index in [1.807, 2.05) is 25.1 Å². The zero-order valence-electron chi connectivity index (χ0n) is 16.2. The molecule has 1 aromatic carbocycles. The van der Waals surface area contributed by atoms with E-state index in [0.717, 1.165) is 24.2 Å². The number of carbonyl (C=O) groups excluding carboxylic acids is 1. The van der Waals surface area contributed by atoms with Crippen LogP contribution in [0.4, 0.5) is 5.69 Å². The van der Waals surface area contributed by atoms with Gasteiger partial charge in [-0.15, -0.1) is 0 Å². The van der Waals surface area contributed by atoms with Crippen molar-refractivity contribution in [2.45, 2.75) is 32.1 Å². The van der Waals surface area contributed by atoms with Crippen molar-refractivity contribution in [1.29, 1.82) is 5.26 Å². The Morgan fingerprint density at radius 3 is 2.93 bits per heavy atom. The van der Waals surface area contributed by atoms with Gasteiger partial charge in [-0.1, -0.05) is 6.92 Å². The summed E-state index contributed by atoms with van der Waals surface area (Å²) in [5.41, 5.74) is 2.22. The van der Waals surface area contributed by atoms with E-state index in [4.69, 9.17) is 4.74 Å². The second kappa shape index (κ2) is 7.74. The molecule has 4 rings (SSSR count). The van der Waals surface area contributed by atoms with E-state index in [-0.39, 0.29) is 18.1 Å². The Morgan fingerprint density at radius 1 is 1.32 bits per heavy atom. The lowest BCUT2D eigenvalue weighted by molar-refractivity contribution is -0.138. The second-order valence-electron chi connectivity index (χ2n) is 7.73. The first-order valence-corrected chi connectivity index (χ1v) is 9.76. The third-order valence-electron chi connectivity index (χ3n) is 5.61. The molecule has 2 aliphatic heterocycles. The van der Waals surface area contributed by atoms with Crippen molar-refractivity contribution in [3.8, 4) is 6.07 Å². The van der Waals surface area contributed by atoms with Crippen molar-refractivity contribution >= 4 is 22.5 Å². The number of nitrogens with zero attached hydrogens (tertiary/aromatic N) is 3. The SMILES string of the molecule is CC1CN(c2ccc(C#N)c3ncccc23)CC(C(=O)N[C@@H]2CNC[C@@H]2C)O1. The Balaban J connectivity index is 1.58. The minimum Gasteiger partial charge on any atom is -0.365 e. The number of anilines is 1. The van der Waals surface area contributed by atoms with Crippen LogP contribution < -0.4 is 15.5 Å². The fraction of sp³-hybridized carbons (Fsp3) is 0.476. The minimum atomic E-state index is -0.529. The van der Waals surface area contributed by atoms with Gasteiger partial charge in [-0.2, -0.15) is 5.26 Å². The van der Waals surface area contributed by atoms with E-state index in [1.165, 1.54) is 0 Å². The van der Waals surface area contributed by atoms with Crippen LogP contribution in [0.2, 0.25) is 0 Å². The minimum absolute atomic E-state index is 0.0619. The van der Waals surface area contributed by atoms with Crippen LogP contribution in [0.25, 0.3) is 10.9 Å². The lowest BCUT2D eigenvalue weighted by atomic mass is 10.0. The Hall–Kier alpha value is -2.69. The summed E-state index contributed by atoms with van der Waals surface area (Å²) in [5, 5.41) is 16.7. The van der Waals surface area contributed by atoms with Crippen LogP contribution in [0, 0.1) is 17.2 Å². The number of aromatic nitrogens is 1. The van der Waals surface area contributed by atoms with Gasteiger partial charge in [0.2, 0.25) is 0 Å². The molecule has 0 radical (unpaired) electrons. The summed E-state index contributed by atoms with van der Waals surface area (Å²) >= 11 is 0. The molecule has 2 aliphatic rings. The molecular formula is C21H25N5O2. The summed E-state index contributed by atoms with van der Waals surface area (Å²) in [5.74, 6) is 0.350. The Kier molecular flexibility index (Phi) is 5.16. The highest BCUT2D eigenvalue weighted by atomic mass is 16.5. The fourth-order valence-corrected chi connectivity index (χ4v) is 4.10. The molecule has 0 spiro atoms. The molecule has 1 amide bonds. The third-order valence-corrected chi connectivity index (χ3v) is 5.61. The number of amides is 1. The standard InChI is InChI=1S/C21H25N5O2/c1-13-9-23-10-17(13)25-21(27)19-12-26(11-14(2)28-19)18-6-5-15(8-22)20-16(18)4-3-7-24-20/h3-7,13-14,17,19,23H,9-12H2,1-2H3,(H,25,27)/t13-,14?,17+,19?/m0/s1. The summed E-state index contributed by atoms with van der Waals surface area (Å²) < 4.78 is 5.96. The van der Waals surface area contributed by atoms with Gasteiger partial charge in [0, 0.05) is 36.4 Å². The van der Waals surface area contributed by atoms with Gasteiger partial charge in [-0.05, 0) is 43.7 Å². The average Bonchev–Trinajstić information content (AvgIpc) is 3.11. The van der Waals surface area contributed by atoms with E-state index in [0.29, 0.717) is 30.1 Å². The molecule has 0 bridgehead atoms. The molecule has 0 aliphatic carbocycles. The number of nitriles is 1. The maximum Gasteiger partial charge on any atom is 0.251 e. The van der Waals surface area contributed by atoms with Crippen molar-refractivity contribution in [2.24, 2.45) is 5.92 Å². The number of rotatable bonds is 3. The van der Waals surface area contributed by atoms with Crippen LogP contribution in [0.3, 0.4) is 0 Å². The molecule has 2 N–H and O–H groups in total. The van der Waals surface area contributed by atoms with Crippen LogP contribution >= 0.6 is 0 Å². The monoisotopic (exact) mass is 379 g/mol. The average molecular weight is 379 g/mol. The number of carbonyl (C=O) groups is 1. The normalized spacial score (nSPS) is 27.5. The van der Waals surface area contributed by atoms with Crippen LogP contribution in [0.15, 0.2) is 30.5 Å². The summed E-state index contributed by atoms with van der Waals surface area (Å²) in [7, 11) is 0. The molecule has 4 atom stereocenters. The fourth-order valence-electron chi connectivity index (χ4n) is 4.10. The molecule has 28 heavy (non-hydrogen) atoms. The highest BCUT2D eigenvalue weighted by Crippen LogP contribution is 2.30. The first kappa shape index (κ1) is 18.7. The maximum atomic E-state index is 12.8. The number of ether oxygens (including phenoxy) is 1. The van der Waals surface area contributed by atoms with E-state index < -0.39 is 6.10 Å². The number of fused-ring (bicyclic) bond motifs is 1. The second-order valence-corrected chi connectivity index (χ2v) is 7.73. The van der Waals surface area contributed by atoms with Gasteiger partial charge < -0.3 is 20.3 Å². The predicted octanol–water partition coefficient (Wildman–Crippen LogP) is 1.42. The molecule has 1 aromatic heterocycles. The third kappa shape index (κ3) is 3.53. The zero-order chi connectivity index (χ0) is 19.7. The summed E-state index contributed by atoms with van der Waals surface area (Å²) in [6.45, 7) is 6.99. The number of morpholine rings is 1. The van der Waals surface area contributed by atoms with Gasteiger partial charge in [0.15, 0.2) is 6.10 Å². The molecule has 2 saturated heterocycles. The van der Waals surface area contributed by atoms with Crippen molar-refractivity contribution in [1.82, 2.24) is 15.6 Å². The summed E-state index contributed by atoms with van der Waals surface area (Å²) in [6.07, 6.45) is 1.09. The molecule has 146 valence electrons. The Bertz CT molecular complexity index is 925. The zero-order valence-corrected chi connectivity index (χ0v) is 16.2. The van der Waals surface area contributed by atoms with Gasteiger partial charge in [-0.3, -0.25) is 9.78 Å². The first-order valence-electron chi connectivity index (χ1n) is 9.76. The molecule has 2 aromatic rings. The van der Waals surface area contributed by atoms with Gasteiger partial charge in [0.25, 0.3) is 5.91 Å². The number of benzene rings is 1. The number of hydrogen-bond donors (Lipinski definition) is 2. The van der Waals surface area contributed by atoms with Crippen LogP contribution in [0.1, 0.15) is 19.4 Å². The number of nitrogens with one attached hydrogen (secondary N) is 2. The number of hydrogen-bond acceptors (Lipinski definition) is 6. The molecule has 3 heterocycles. The van der Waals surface area contributed by atoms with Crippen molar-refractivity contribution in [3.63, 3.8) is 0 Å². The first-order chi connectivity index (χ1) is 13.6. The van der Waals surface area contributed by atoms with E-state index >= 15 is 0 Å².